The maximum atomic E-state index is 12.9. The average Bonchev–Trinajstić information content (AvgIpc) is 3.68. The zero-order valence-corrected chi connectivity index (χ0v) is 60.2. The Hall–Kier alpha value is -1.25. The summed E-state index contributed by atoms with van der Waals surface area (Å²) in [5, 5.41) is 0. The molecule has 0 fully saturated rings. The van der Waals surface area contributed by atoms with Gasteiger partial charge in [-0.15, -0.1) is 0 Å². The lowest BCUT2D eigenvalue weighted by Crippen LogP contribution is -2.37. The molecule has 0 aromatic heterocycles. The summed E-state index contributed by atoms with van der Waals surface area (Å²) >= 11 is 0. The summed E-state index contributed by atoms with van der Waals surface area (Å²) in [4.78, 5) is 35.9. The first-order valence-electron chi connectivity index (χ1n) is 38.9. The lowest BCUT2D eigenvalue weighted by atomic mass is 10.0. The fourth-order valence-corrected chi connectivity index (χ4v) is 12.8. The Morgan fingerprint density at radius 3 is 0.851 bits per heavy atom. The number of nitrogens with zero attached hydrogens (tertiary/aromatic N) is 1. The molecule has 0 saturated heterocycles. The highest BCUT2D eigenvalue weighted by atomic mass is 31.2. The Morgan fingerprint density at radius 2 is 0.586 bits per heavy atom. The van der Waals surface area contributed by atoms with Crippen LogP contribution in [0.25, 0.3) is 0 Å². The largest absolute Gasteiger partial charge is 0.472 e. The molecule has 9 nitrogen and oxygen atoms in total. The van der Waals surface area contributed by atoms with Gasteiger partial charge in [0, 0.05) is 12.8 Å². The lowest BCUT2D eigenvalue weighted by Gasteiger charge is -2.24. The zero-order valence-electron chi connectivity index (χ0n) is 59.3. The summed E-state index contributed by atoms with van der Waals surface area (Å²) in [6, 6.07) is 0. The summed E-state index contributed by atoms with van der Waals surface area (Å²) in [6.45, 7) is 4.53. The smallest absolute Gasteiger partial charge is 0.462 e. The van der Waals surface area contributed by atoms with Gasteiger partial charge in [-0.2, -0.15) is 0 Å². The third kappa shape index (κ3) is 73.7. The van der Waals surface area contributed by atoms with E-state index in [0.717, 1.165) is 32.1 Å². The van der Waals surface area contributed by atoms with Crippen molar-refractivity contribution in [2.24, 2.45) is 0 Å². The maximum Gasteiger partial charge on any atom is 0.472 e. The molecular weight excluding hydrogens is 1100 g/mol. The Bertz CT molecular complexity index is 1470. The molecule has 87 heavy (non-hydrogen) atoms. The SMILES string of the molecule is CCCCCCCCCC/C=C\CCCCCCCCCCCCCCCCCC(=O)OC(COC(=O)CCCCCCCCCCCCCCCCCCCCCCCCCCCCCCCCCCCCCC)COP(=O)(O)OCC[N+](C)(C)C. The average molecular weight is 1250 g/mol. The molecule has 0 aliphatic heterocycles. The number of allylic oxidation sites excluding steroid dienone is 2. The number of esters is 2. The van der Waals surface area contributed by atoms with Crippen molar-refractivity contribution in [3.63, 3.8) is 0 Å². The van der Waals surface area contributed by atoms with E-state index < -0.39 is 26.5 Å². The lowest BCUT2D eigenvalue weighted by molar-refractivity contribution is -0.870. The highest BCUT2D eigenvalue weighted by Crippen LogP contribution is 2.43. The Labute approximate surface area is 543 Å². The summed E-state index contributed by atoms with van der Waals surface area (Å²) in [6.07, 6.45) is 86.5. The van der Waals surface area contributed by atoms with Crippen LogP contribution in [0.4, 0.5) is 0 Å². The Kier molecular flexibility index (Phi) is 68.1. The second kappa shape index (κ2) is 69.1. The van der Waals surface area contributed by atoms with E-state index in [2.05, 4.69) is 26.0 Å². The molecule has 0 spiro atoms. The first-order valence-corrected chi connectivity index (χ1v) is 40.4. The molecule has 10 heteroatoms. The van der Waals surface area contributed by atoms with Crippen molar-refractivity contribution in [1.29, 1.82) is 0 Å². The van der Waals surface area contributed by atoms with Crippen molar-refractivity contribution in [3.05, 3.63) is 12.2 Å². The number of unbranched alkanes of at least 4 members (excludes halogenated alkanes) is 58. The highest BCUT2D eigenvalue weighted by Gasteiger charge is 2.27. The number of carbonyl (C=O) groups is 2. The Balaban J connectivity index is 3.90. The predicted molar refractivity (Wildman–Crippen MR) is 377 cm³/mol. The number of carbonyl (C=O) groups excluding carboxylic acids is 2. The summed E-state index contributed by atoms with van der Waals surface area (Å²) in [7, 11) is 1.51. The Morgan fingerprint density at radius 1 is 0.345 bits per heavy atom. The van der Waals surface area contributed by atoms with Gasteiger partial charge in [-0.1, -0.05) is 379 Å². The minimum absolute atomic E-state index is 0.0364. The number of ether oxygens (including phenoxy) is 2. The number of phosphoric ester groups is 1. The number of quaternary nitrogens is 1. The summed E-state index contributed by atoms with van der Waals surface area (Å²) < 4.78 is 34.8. The van der Waals surface area contributed by atoms with E-state index in [-0.39, 0.29) is 25.6 Å². The second-order valence-electron chi connectivity index (χ2n) is 28.1. The molecule has 0 radical (unpaired) electrons. The maximum absolute atomic E-state index is 12.9. The van der Waals surface area contributed by atoms with Crippen molar-refractivity contribution < 1.29 is 42.1 Å². The standard InChI is InChI=1S/C77H152NO8P/c1-6-8-10-12-14-16-18-20-22-24-26-28-30-32-34-35-36-37-38-39-40-41-42-44-45-47-49-51-53-55-57-59-61-63-65-67-69-76(79)83-73-75(74-85-87(81,82)84-72-71-78(3,4)5)86-77(80)70-68-66-64-62-60-58-56-54-52-50-48-46-43-33-31-29-27-25-23-21-19-17-15-13-11-9-7-2/h25,27,75H,6-24,26,28-74H2,1-5H3/p+1/b27-25-. The van der Waals surface area contributed by atoms with E-state index in [1.807, 2.05) is 21.1 Å². The van der Waals surface area contributed by atoms with Crippen LogP contribution in [-0.4, -0.2) is 74.9 Å². The molecule has 0 aromatic rings. The predicted octanol–water partition coefficient (Wildman–Crippen LogP) is 25.5. The molecule has 518 valence electrons. The van der Waals surface area contributed by atoms with Gasteiger partial charge in [-0.05, 0) is 38.5 Å². The molecule has 0 rings (SSSR count). The first-order chi connectivity index (χ1) is 42.5. The minimum Gasteiger partial charge on any atom is -0.462 e. The number of phosphoric acid groups is 1. The van der Waals surface area contributed by atoms with Gasteiger partial charge < -0.3 is 18.9 Å². The monoisotopic (exact) mass is 1250 g/mol. The van der Waals surface area contributed by atoms with Crippen LogP contribution in [-0.2, 0) is 32.7 Å². The van der Waals surface area contributed by atoms with Crippen LogP contribution in [0.2, 0.25) is 0 Å². The molecule has 0 heterocycles. The number of hydrogen-bond donors (Lipinski definition) is 1. The van der Waals surface area contributed by atoms with Crippen molar-refractivity contribution in [2.75, 3.05) is 47.5 Å². The van der Waals surface area contributed by atoms with Crippen LogP contribution in [0.5, 0.6) is 0 Å². The van der Waals surface area contributed by atoms with E-state index in [1.54, 1.807) is 0 Å². The molecule has 0 amide bonds. The normalized spacial score (nSPS) is 13.0. The molecule has 0 bridgehead atoms. The van der Waals surface area contributed by atoms with E-state index >= 15 is 0 Å². The van der Waals surface area contributed by atoms with Gasteiger partial charge in [-0.25, -0.2) is 4.57 Å². The third-order valence-corrected chi connectivity index (χ3v) is 19.0. The van der Waals surface area contributed by atoms with Gasteiger partial charge in [-0.3, -0.25) is 18.6 Å². The molecule has 0 aliphatic carbocycles. The van der Waals surface area contributed by atoms with E-state index in [9.17, 15) is 19.0 Å². The fourth-order valence-electron chi connectivity index (χ4n) is 12.1. The van der Waals surface area contributed by atoms with Gasteiger partial charge in [0.15, 0.2) is 6.10 Å². The zero-order chi connectivity index (χ0) is 63.4. The van der Waals surface area contributed by atoms with Gasteiger partial charge in [0.1, 0.15) is 19.8 Å². The quantitative estimate of drug-likeness (QED) is 0.0211. The topological polar surface area (TPSA) is 108 Å². The van der Waals surface area contributed by atoms with Gasteiger partial charge in [0.25, 0.3) is 0 Å². The molecule has 2 atom stereocenters. The van der Waals surface area contributed by atoms with Crippen molar-refractivity contribution in [2.45, 2.75) is 424 Å². The van der Waals surface area contributed by atoms with Crippen molar-refractivity contribution in [3.8, 4) is 0 Å². The van der Waals surface area contributed by atoms with Gasteiger partial charge in [0.2, 0.25) is 0 Å². The van der Waals surface area contributed by atoms with E-state index in [1.165, 1.54) is 353 Å². The molecule has 0 aliphatic rings. The second-order valence-corrected chi connectivity index (χ2v) is 29.6. The van der Waals surface area contributed by atoms with Crippen LogP contribution >= 0.6 is 7.82 Å². The molecular formula is C77H153NO8P+. The van der Waals surface area contributed by atoms with Gasteiger partial charge >= 0.3 is 19.8 Å². The van der Waals surface area contributed by atoms with Crippen molar-refractivity contribution in [1.82, 2.24) is 0 Å². The summed E-state index contributed by atoms with van der Waals surface area (Å²) in [5.41, 5.74) is 0. The fraction of sp³-hybridized carbons (Fsp3) is 0.948. The van der Waals surface area contributed by atoms with Crippen LogP contribution in [0, 0.1) is 0 Å². The number of rotatable bonds is 74. The van der Waals surface area contributed by atoms with E-state index in [0.29, 0.717) is 23.9 Å². The minimum atomic E-state index is -4.39. The van der Waals surface area contributed by atoms with Crippen molar-refractivity contribution >= 4 is 19.8 Å². The van der Waals surface area contributed by atoms with E-state index in [4.69, 9.17) is 18.5 Å². The van der Waals surface area contributed by atoms with Crippen LogP contribution in [0.3, 0.4) is 0 Å². The third-order valence-electron chi connectivity index (χ3n) is 18.0. The number of likely N-dealkylation sites (N-methyl/N-ethyl adjacent to an activating group) is 1. The molecule has 0 saturated carbocycles. The van der Waals surface area contributed by atoms with Crippen LogP contribution < -0.4 is 0 Å². The molecule has 2 unspecified atom stereocenters. The highest BCUT2D eigenvalue weighted by molar-refractivity contribution is 7.47. The van der Waals surface area contributed by atoms with Gasteiger partial charge in [0.05, 0.1) is 27.7 Å². The molecule has 1 N–H and O–H groups in total. The molecule has 0 aromatic carbocycles. The first kappa shape index (κ1) is 85.8. The van der Waals surface area contributed by atoms with Crippen LogP contribution in [0.1, 0.15) is 418 Å². The van der Waals surface area contributed by atoms with Crippen LogP contribution in [0.15, 0.2) is 12.2 Å². The summed E-state index contributed by atoms with van der Waals surface area (Å²) in [5.74, 6) is -0.769. The number of hydrogen-bond acceptors (Lipinski definition) is 7.